The summed E-state index contributed by atoms with van der Waals surface area (Å²) in [6.45, 7) is 3.41. The van der Waals surface area contributed by atoms with Gasteiger partial charge in [0, 0.05) is 43.3 Å². The van der Waals surface area contributed by atoms with Crippen molar-refractivity contribution in [1.29, 1.82) is 0 Å². The largest absolute Gasteiger partial charge is 0.455 e. The molecule has 0 radical (unpaired) electrons. The number of aromatic amines is 1. The minimum atomic E-state index is -0.446. The molecule has 0 bridgehead atoms. The number of esters is 1. The molecule has 144 valence electrons. The summed E-state index contributed by atoms with van der Waals surface area (Å²) in [6.07, 6.45) is 1.52. The third kappa shape index (κ3) is 4.58. The highest BCUT2D eigenvalue weighted by atomic mass is 16.6. The van der Waals surface area contributed by atoms with E-state index in [1.165, 1.54) is 0 Å². The van der Waals surface area contributed by atoms with Crippen LogP contribution in [-0.4, -0.2) is 72.1 Å². The number of H-pyrrole nitrogens is 1. The van der Waals surface area contributed by atoms with Crippen LogP contribution in [0.1, 0.15) is 12.5 Å². The topological polar surface area (TPSA) is 91.9 Å². The molecule has 1 aliphatic heterocycles. The molecule has 1 aliphatic rings. The van der Waals surface area contributed by atoms with Gasteiger partial charge in [0.05, 0.1) is 13.0 Å². The summed E-state index contributed by atoms with van der Waals surface area (Å²) in [5, 5.41) is 0.968. The summed E-state index contributed by atoms with van der Waals surface area (Å²) in [5.41, 5.74) is 1.79. The van der Waals surface area contributed by atoms with Crippen LogP contribution in [0.15, 0.2) is 30.5 Å². The third-order valence-electron chi connectivity index (χ3n) is 4.52. The van der Waals surface area contributed by atoms with Gasteiger partial charge in [-0.25, -0.2) is 4.79 Å². The third-order valence-corrected chi connectivity index (χ3v) is 4.52. The zero-order chi connectivity index (χ0) is 19.2. The van der Waals surface area contributed by atoms with E-state index in [4.69, 9.17) is 9.47 Å². The van der Waals surface area contributed by atoms with Gasteiger partial charge in [0.25, 0.3) is 5.91 Å². The molecule has 0 saturated carbocycles. The van der Waals surface area contributed by atoms with Crippen molar-refractivity contribution in [3.8, 4) is 0 Å². The van der Waals surface area contributed by atoms with Gasteiger partial charge >= 0.3 is 12.1 Å². The molecule has 0 aliphatic carbocycles. The minimum Gasteiger partial charge on any atom is -0.455 e. The molecule has 1 saturated heterocycles. The van der Waals surface area contributed by atoms with Crippen molar-refractivity contribution < 1.29 is 23.9 Å². The Balaban J connectivity index is 1.44. The molecular weight excluding hydrogens is 350 g/mol. The Hall–Kier alpha value is -3.03. The first kappa shape index (κ1) is 18.8. The number of amides is 2. The molecule has 27 heavy (non-hydrogen) atoms. The predicted molar refractivity (Wildman–Crippen MR) is 98.1 cm³/mol. The second-order valence-corrected chi connectivity index (χ2v) is 6.26. The fourth-order valence-corrected chi connectivity index (χ4v) is 3.07. The Kier molecular flexibility index (Phi) is 5.95. The van der Waals surface area contributed by atoms with Crippen LogP contribution < -0.4 is 0 Å². The number of nitrogens with zero attached hydrogens (tertiary/aromatic N) is 2. The summed E-state index contributed by atoms with van der Waals surface area (Å²) in [7, 11) is 0. The molecule has 1 aromatic heterocycles. The monoisotopic (exact) mass is 373 g/mol. The van der Waals surface area contributed by atoms with Gasteiger partial charge in [-0.15, -0.1) is 0 Å². The van der Waals surface area contributed by atoms with Gasteiger partial charge in [-0.3, -0.25) is 9.59 Å². The van der Waals surface area contributed by atoms with E-state index in [0.29, 0.717) is 32.8 Å². The van der Waals surface area contributed by atoms with Gasteiger partial charge in [-0.05, 0) is 18.6 Å². The van der Waals surface area contributed by atoms with Gasteiger partial charge in [-0.2, -0.15) is 0 Å². The average molecular weight is 373 g/mol. The van der Waals surface area contributed by atoms with Crippen LogP contribution in [-0.2, 0) is 25.5 Å². The average Bonchev–Trinajstić information content (AvgIpc) is 3.09. The Morgan fingerprint density at radius 3 is 2.48 bits per heavy atom. The second kappa shape index (κ2) is 8.57. The molecule has 0 atom stereocenters. The van der Waals surface area contributed by atoms with Crippen LogP contribution in [0.25, 0.3) is 10.9 Å². The SMILES string of the molecule is CCOC(=O)N1CCN(C(=O)COC(=O)Cc2c[nH]c3ccccc23)CC1. The van der Waals surface area contributed by atoms with Crippen LogP contribution in [0.5, 0.6) is 0 Å². The molecule has 2 aromatic rings. The molecule has 1 aromatic carbocycles. The predicted octanol–water partition coefficient (Wildman–Crippen LogP) is 1.55. The number of hydrogen-bond donors (Lipinski definition) is 1. The molecule has 1 N–H and O–H groups in total. The molecule has 2 heterocycles. The number of piperazine rings is 1. The molecule has 0 spiro atoms. The van der Waals surface area contributed by atoms with Crippen LogP contribution in [0.4, 0.5) is 4.79 Å². The Bertz CT molecular complexity index is 824. The van der Waals surface area contributed by atoms with E-state index in [2.05, 4.69) is 4.98 Å². The van der Waals surface area contributed by atoms with Crippen molar-refractivity contribution in [3.05, 3.63) is 36.0 Å². The minimum absolute atomic E-state index is 0.105. The highest BCUT2D eigenvalue weighted by Gasteiger charge is 2.25. The molecular formula is C19H23N3O5. The van der Waals surface area contributed by atoms with Gasteiger partial charge in [-0.1, -0.05) is 18.2 Å². The highest BCUT2D eigenvalue weighted by Crippen LogP contribution is 2.18. The zero-order valence-corrected chi connectivity index (χ0v) is 15.3. The number of aromatic nitrogens is 1. The van der Waals surface area contributed by atoms with Crippen molar-refractivity contribution in [2.75, 3.05) is 39.4 Å². The lowest BCUT2D eigenvalue weighted by Crippen LogP contribution is -2.51. The number of fused-ring (bicyclic) bond motifs is 1. The summed E-state index contributed by atoms with van der Waals surface area (Å²) in [6, 6.07) is 7.69. The quantitative estimate of drug-likeness (QED) is 0.803. The van der Waals surface area contributed by atoms with Crippen molar-refractivity contribution >= 4 is 28.9 Å². The van der Waals surface area contributed by atoms with E-state index in [9.17, 15) is 14.4 Å². The maximum atomic E-state index is 12.2. The van der Waals surface area contributed by atoms with E-state index >= 15 is 0 Å². The highest BCUT2D eigenvalue weighted by molar-refractivity contribution is 5.88. The molecule has 0 unspecified atom stereocenters. The number of ether oxygens (including phenoxy) is 2. The standard InChI is InChI=1S/C19H23N3O5/c1-2-26-19(25)22-9-7-21(8-10-22)17(23)13-27-18(24)11-14-12-20-16-6-4-3-5-15(14)16/h3-6,12,20H,2,7-11,13H2,1H3. The van der Waals surface area contributed by atoms with Gasteiger partial charge in [0.15, 0.2) is 6.61 Å². The number of carbonyl (C=O) groups is 3. The van der Waals surface area contributed by atoms with Crippen LogP contribution >= 0.6 is 0 Å². The van der Waals surface area contributed by atoms with Gasteiger partial charge in [0.1, 0.15) is 0 Å². The number of nitrogens with one attached hydrogen (secondary N) is 1. The smallest absolute Gasteiger partial charge is 0.409 e. The van der Waals surface area contributed by atoms with E-state index in [-0.39, 0.29) is 25.0 Å². The van der Waals surface area contributed by atoms with E-state index in [1.54, 1.807) is 22.9 Å². The lowest BCUT2D eigenvalue weighted by Gasteiger charge is -2.33. The summed E-state index contributed by atoms with van der Waals surface area (Å²) in [5.74, 6) is -0.705. The Labute approximate surface area is 157 Å². The number of hydrogen-bond acceptors (Lipinski definition) is 5. The van der Waals surface area contributed by atoms with Gasteiger partial charge in [0.2, 0.25) is 0 Å². The maximum absolute atomic E-state index is 12.2. The fourth-order valence-electron chi connectivity index (χ4n) is 3.07. The fraction of sp³-hybridized carbons (Fsp3) is 0.421. The van der Waals surface area contributed by atoms with E-state index in [1.807, 2.05) is 24.3 Å². The van der Waals surface area contributed by atoms with E-state index < -0.39 is 5.97 Å². The van der Waals surface area contributed by atoms with Gasteiger partial charge < -0.3 is 24.3 Å². The van der Waals surface area contributed by atoms with E-state index in [0.717, 1.165) is 16.5 Å². The Morgan fingerprint density at radius 1 is 1.04 bits per heavy atom. The summed E-state index contributed by atoms with van der Waals surface area (Å²) in [4.78, 5) is 42.2. The lowest BCUT2D eigenvalue weighted by atomic mass is 10.1. The maximum Gasteiger partial charge on any atom is 0.409 e. The summed E-state index contributed by atoms with van der Waals surface area (Å²) >= 11 is 0. The number of rotatable bonds is 5. The van der Waals surface area contributed by atoms with Crippen molar-refractivity contribution in [2.24, 2.45) is 0 Å². The van der Waals surface area contributed by atoms with Crippen LogP contribution in [0, 0.1) is 0 Å². The molecule has 2 amide bonds. The van der Waals surface area contributed by atoms with Crippen molar-refractivity contribution in [3.63, 3.8) is 0 Å². The number of para-hydroxylation sites is 1. The number of benzene rings is 1. The number of carbonyl (C=O) groups excluding carboxylic acids is 3. The second-order valence-electron chi connectivity index (χ2n) is 6.26. The normalized spacial score (nSPS) is 14.3. The first-order valence-corrected chi connectivity index (χ1v) is 8.98. The van der Waals surface area contributed by atoms with Crippen LogP contribution in [0.2, 0.25) is 0 Å². The Morgan fingerprint density at radius 2 is 1.74 bits per heavy atom. The molecule has 8 nitrogen and oxygen atoms in total. The summed E-state index contributed by atoms with van der Waals surface area (Å²) < 4.78 is 10.1. The molecule has 8 heteroatoms. The van der Waals surface area contributed by atoms with Crippen LogP contribution in [0.3, 0.4) is 0 Å². The molecule has 1 fully saturated rings. The first-order valence-electron chi connectivity index (χ1n) is 8.98. The zero-order valence-electron chi connectivity index (χ0n) is 15.3. The van der Waals surface area contributed by atoms with Crippen molar-refractivity contribution in [2.45, 2.75) is 13.3 Å². The molecule has 3 rings (SSSR count). The van der Waals surface area contributed by atoms with Crippen molar-refractivity contribution in [1.82, 2.24) is 14.8 Å². The lowest BCUT2D eigenvalue weighted by molar-refractivity contribution is -0.152. The first-order chi connectivity index (χ1) is 13.1.